The van der Waals surface area contributed by atoms with Gasteiger partial charge in [0.2, 0.25) is 0 Å². The Hall–Kier alpha value is -2.17. The Morgan fingerprint density at radius 2 is 1.88 bits per heavy atom. The van der Waals surface area contributed by atoms with Gasteiger partial charge in [0.05, 0.1) is 5.56 Å². The summed E-state index contributed by atoms with van der Waals surface area (Å²) < 4.78 is 5.37. The molecule has 0 amide bonds. The molecular formula is C19H20ClNO3. The number of aliphatic hydroxyl groups is 1. The van der Waals surface area contributed by atoms with Gasteiger partial charge in [-0.15, -0.1) is 0 Å². The number of nitrogens with zero attached hydrogens (tertiary/aromatic N) is 1. The fourth-order valence-electron chi connectivity index (χ4n) is 1.91. The van der Waals surface area contributed by atoms with E-state index in [1.807, 2.05) is 32.9 Å². The number of ether oxygens (including phenoxy) is 1. The smallest absolute Gasteiger partial charge is 0.343 e. The van der Waals surface area contributed by atoms with Crippen molar-refractivity contribution in [2.75, 3.05) is 0 Å². The first-order valence-electron chi connectivity index (χ1n) is 7.66. The van der Waals surface area contributed by atoms with Crippen molar-refractivity contribution in [1.82, 2.24) is 0 Å². The summed E-state index contributed by atoms with van der Waals surface area (Å²) in [6, 6.07) is 12.0. The number of halogens is 1. The Morgan fingerprint density at radius 1 is 1.21 bits per heavy atom. The third-order valence-corrected chi connectivity index (χ3v) is 3.58. The van der Waals surface area contributed by atoms with E-state index in [0.717, 1.165) is 5.56 Å². The minimum absolute atomic E-state index is 0.0132. The number of benzene rings is 2. The first kappa shape index (κ1) is 18.2. The molecule has 2 aromatic rings. The Labute approximate surface area is 146 Å². The molecular weight excluding hydrogens is 326 g/mol. The van der Waals surface area contributed by atoms with E-state index in [-0.39, 0.29) is 5.92 Å². The second-order valence-electron chi connectivity index (χ2n) is 5.91. The quantitative estimate of drug-likeness (QED) is 0.500. The second-order valence-corrected chi connectivity index (χ2v) is 6.35. The van der Waals surface area contributed by atoms with Crippen LogP contribution in [0.2, 0.25) is 5.02 Å². The fraction of sp³-hybridized carbons (Fsp3) is 0.263. The monoisotopic (exact) mass is 345 g/mol. The van der Waals surface area contributed by atoms with Crippen LogP contribution in [-0.4, -0.2) is 23.5 Å². The summed E-state index contributed by atoms with van der Waals surface area (Å²) >= 11 is 6.06. The topological polar surface area (TPSA) is 58.9 Å². The Morgan fingerprint density at radius 3 is 2.50 bits per heavy atom. The molecule has 0 aliphatic carbocycles. The fourth-order valence-corrected chi connectivity index (χ4v) is 2.14. The van der Waals surface area contributed by atoms with E-state index < -0.39 is 12.2 Å². The maximum absolute atomic E-state index is 12.2. The molecule has 1 atom stereocenters. The van der Waals surface area contributed by atoms with Crippen molar-refractivity contribution in [3.8, 4) is 5.75 Å². The van der Waals surface area contributed by atoms with Gasteiger partial charge in [-0.25, -0.2) is 4.79 Å². The Kier molecular flexibility index (Phi) is 6.12. The van der Waals surface area contributed by atoms with E-state index in [2.05, 4.69) is 4.99 Å². The minimum atomic E-state index is -0.789. The predicted octanol–water partition coefficient (Wildman–Crippen LogP) is 4.26. The SMILES string of the molecule is Cc1ccc(C(=O)Oc2cc(Cl)cc(C=NC(O)C(C)C)c2)cc1. The lowest BCUT2D eigenvalue weighted by Crippen LogP contribution is -2.11. The number of hydrogen-bond acceptors (Lipinski definition) is 4. The molecule has 0 spiro atoms. The molecule has 24 heavy (non-hydrogen) atoms. The number of carbonyl (C=O) groups excluding carboxylic acids is 1. The van der Waals surface area contributed by atoms with Gasteiger partial charge < -0.3 is 9.84 Å². The summed E-state index contributed by atoms with van der Waals surface area (Å²) in [4.78, 5) is 16.2. The number of rotatable bonds is 5. The van der Waals surface area contributed by atoms with E-state index in [4.69, 9.17) is 16.3 Å². The molecule has 0 aliphatic rings. The summed E-state index contributed by atoms with van der Waals surface area (Å²) in [5.41, 5.74) is 2.18. The Bertz CT molecular complexity index is 739. The summed E-state index contributed by atoms with van der Waals surface area (Å²) in [7, 11) is 0. The van der Waals surface area contributed by atoms with Crippen molar-refractivity contribution in [2.24, 2.45) is 10.9 Å². The lowest BCUT2D eigenvalue weighted by atomic mass is 10.1. The molecule has 5 heteroatoms. The molecule has 0 aliphatic heterocycles. The third-order valence-electron chi connectivity index (χ3n) is 3.36. The van der Waals surface area contributed by atoms with Gasteiger partial charge in [-0.05, 0) is 48.7 Å². The molecule has 0 fully saturated rings. The molecule has 0 aromatic heterocycles. The van der Waals surface area contributed by atoms with Crippen LogP contribution in [0.25, 0.3) is 0 Å². The van der Waals surface area contributed by atoms with Gasteiger partial charge in [0, 0.05) is 11.2 Å². The highest BCUT2D eigenvalue weighted by Gasteiger charge is 2.10. The van der Waals surface area contributed by atoms with Crippen molar-refractivity contribution < 1.29 is 14.6 Å². The first-order valence-corrected chi connectivity index (χ1v) is 8.03. The molecule has 0 radical (unpaired) electrons. The summed E-state index contributed by atoms with van der Waals surface area (Å²) in [5, 5.41) is 10.1. The van der Waals surface area contributed by atoms with Gasteiger partial charge in [-0.1, -0.05) is 43.1 Å². The number of esters is 1. The minimum Gasteiger partial charge on any atom is -0.423 e. The van der Waals surface area contributed by atoms with Gasteiger partial charge in [0.1, 0.15) is 12.0 Å². The molecule has 0 heterocycles. The van der Waals surface area contributed by atoms with E-state index in [9.17, 15) is 9.90 Å². The maximum atomic E-state index is 12.2. The third kappa shape index (κ3) is 5.18. The van der Waals surface area contributed by atoms with Crippen LogP contribution < -0.4 is 4.74 Å². The molecule has 126 valence electrons. The lowest BCUT2D eigenvalue weighted by molar-refractivity contribution is 0.0734. The molecule has 2 rings (SSSR count). The van der Waals surface area contributed by atoms with Crippen LogP contribution in [-0.2, 0) is 0 Å². The van der Waals surface area contributed by atoms with Crippen LogP contribution in [0.5, 0.6) is 5.75 Å². The molecule has 0 saturated carbocycles. The molecule has 1 unspecified atom stereocenters. The van der Waals surface area contributed by atoms with Crippen molar-refractivity contribution in [3.05, 3.63) is 64.2 Å². The van der Waals surface area contributed by atoms with Crippen molar-refractivity contribution in [3.63, 3.8) is 0 Å². The largest absolute Gasteiger partial charge is 0.423 e. The summed E-state index contributed by atoms with van der Waals surface area (Å²) in [5.74, 6) is -0.116. The van der Waals surface area contributed by atoms with Crippen LogP contribution in [0.15, 0.2) is 47.5 Å². The zero-order valence-electron chi connectivity index (χ0n) is 13.9. The predicted molar refractivity (Wildman–Crippen MR) is 96.0 cm³/mol. The highest BCUT2D eigenvalue weighted by molar-refractivity contribution is 6.31. The number of aliphatic imine (C=N–C) groups is 1. The van der Waals surface area contributed by atoms with Gasteiger partial charge in [-0.3, -0.25) is 4.99 Å². The zero-order chi connectivity index (χ0) is 17.7. The normalized spacial score (nSPS) is 12.6. The van der Waals surface area contributed by atoms with Crippen molar-refractivity contribution in [1.29, 1.82) is 0 Å². The number of aryl methyl sites for hydroxylation is 1. The Balaban J connectivity index is 2.16. The molecule has 0 bridgehead atoms. The summed E-state index contributed by atoms with van der Waals surface area (Å²) in [6.07, 6.45) is 0.724. The molecule has 4 nitrogen and oxygen atoms in total. The molecule has 0 saturated heterocycles. The van der Waals surface area contributed by atoms with Crippen LogP contribution in [0.4, 0.5) is 0 Å². The summed E-state index contributed by atoms with van der Waals surface area (Å²) in [6.45, 7) is 5.69. The second kappa shape index (κ2) is 8.08. The standard InChI is InChI=1S/C19H20ClNO3/c1-12(2)18(22)21-11-14-8-16(20)10-17(9-14)24-19(23)15-6-4-13(3)5-7-15/h4-12,18,22H,1-3H3. The van der Waals surface area contributed by atoms with Crippen LogP contribution in [0.1, 0.15) is 35.3 Å². The number of carbonyl (C=O) groups is 1. The first-order chi connectivity index (χ1) is 11.3. The average Bonchev–Trinajstić information content (AvgIpc) is 2.52. The highest BCUT2D eigenvalue weighted by Crippen LogP contribution is 2.21. The van der Waals surface area contributed by atoms with E-state index >= 15 is 0 Å². The zero-order valence-corrected chi connectivity index (χ0v) is 14.6. The maximum Gasteiger partial charge on any atom is 0.343 e. The highest BCUT2D eigenvalue weighted by atomic mass is 35.5. The lowest BCUT2D eigenvalue weighted by Gasteiger charge is -2.09. The average molecular weight is 346 g/mol. The molecule has 1 N–H and O–H groups in total. The van der Waals surface area contributed by atoms with Crippen LogP contribution in [0, 0.1) is 12.8 Å². The van der Waals surface area contributed by atoms with Gasteiger partial charge in [-0.2, -0.15) is 0 Å². The van der Waals surface area contributed by atoms with Crippen molar-refractivity contribution in [2.45, 2.75) is 27.0 Å². The van der Waals surface area contributed by atoms with E-state index in [0.29, 0.717) is 21.9 Å². The van der Waals surface area contributed by atoms with Gasteiger partial charge in [0.25, 0.3) is 0 Å². The van der Waals surface area contributed by atoms with E-state index in [1.54, 1.807) is 30.3 Å². The van der Waals surface area contributed by atoms with Gasteiger partial charge >= 0.3 is 5.97 Å². The van der Waals surface area contributed by atoms with Crippen LogP contribution >= 0.6 is 11.6 Å². The number of aliphatic hydroxyl groups excluding tert-OH is 1. The van der Waals surface area contributed by atoms with E-state index in [1.165, 1.54) is 6.21 Å². The van der Waals surface area contributed by atoms with Crippen LogP contribution in [0.3, 0.4) is 0 Å². The molecule has 2 aromatic carbocycles. The number of hydrogen-bond donors (Lipinski definition) is 1. The van der Waals surface area contributed by atoms with Crippen molar-refractivity contribution >= 4 is 23.8 Å². The van der Waals surface area contributed by atoms with Gasteiger partial charge in [0.15, 0.2) is 0 Å².